The summed E-state index contributed by atoms with van der Waals surface area (Å²) in [6.45, 7) is 4.79. The Hall–Kier alpha value is 0.440. The van der Waals surface area contributed by atoms with Gasteiger partial charge in [0.25, 0.3) is 0 Å². The molecule has 0 aromatic carbocycles. The van der Waals surface area contributed by atoms with E-state index in [-0.39, 0.29) is 0 Å². The average Bonchev–Trinajstić information content (AvgIpc) is 1.80. The van der Waals surface area contributed by atoms with Gasteiger partial charge in [0.05, 0.1) is 0 Å². The van der Waals surface area contributed by atoms with Crippen LogP contribution in [0.3, 0.4) is 0 Å². The van der Waals surface area contributed by atoms with Crippen LogP contribution in [0.1, 0.15) is 13.3 Å². The molecule has 1 saturated heterocycles. The number of hydrogen-bond donors (Lipinski definition) is 0. The Labute approximate surface area is 65.6 Å². The van der Waals surface area contributed by atoms with Crippen LogP contribution in [0.5, 0.6) is 0 Å². The molecule has 1 nitrogen and oxygen atoms in total. The quantitative estimate of drug-likeness (QED) is 0.528. The van der Waals surface area contributed by atoms with Crippen molar-refractivity contribution in [2.45, 2.75) is 18.2 Å². The predicted molar refractivity (Wildman–Crippen MR) is 44.0 cm³/mol. The molecular weight excluding hydrogens is 178 g/mol. The Balaban J connectivity index is 2.35. The van der Waals surface area contributed by atoms with Gasteiger partial charge in [0.2, 0.25) is 0 Å². The Kier molecular flexibility index (Phi) is 2.53. The van der Waals surface area contributed by atoms with Crippen LogP contribution in [-0.2, 0) is 0 Å². The number of nitrogens with zero attached hydrogens (tertiary/aromatic N) is 1. The van der Waals surface area contributed by atoms with Crippen molar-refractivity contribution in [3.63, 3.8) is 0 Å². The molecule has 0 bridgehead atoms. The van der Waals surface area contributed by atoms with Gasteiger partial charge in [-0.1, -0.05) is 22.9 Å². The second kappa shape index (κ2) is 3.02. The van der Waals surface area contributed by atoms with E-state index < -0.39 is 0 Å². The van der Waals surface area contributed by atoms with Crippen molar-refractivity contribution in [3.8, 4) is 0 Å². The van der Waals surface area contributed by atoms with Crippen molar-refractivity contribution in [1.82, 2.24) is 4.90 Å². The molecule has 54 valence electrons. The summed E-state index contributed by atoms with van der Waals surface area (Å²) >= 11 is 3.65. The highest BCUT2D eigenvalue weighted by Gasteiger charge is 2.20. The van der Waals surface area contributed by atoms with Crippen molar-refractivity contribution in [2.75, 3.05) is 20.1 Å². The summed E-state index contributed by atoms with van der Waals surface area (Å²) in [4.78, 5) is 3.09. The van der Waals surface area contributed by atoms with Crippen LogP contribution in [0.2, 0.25) is 0 Å². The van der Waals surface area contributed by atoms with Crippen LogP contribution in [0.15, 0.2) is 0 Å². The zero-order valence-corrected chi connectivity index (χ0v) is 7.69. The number of alkyl halides is 1. The van der Waals surface area contributed by atoms with Gasteiger partial charge < -0.3 is 4.90 Å². The van der Waals surface area contributed by atoms with Gasteiger partial charge in [-0.3, -0.25) is 0 Å². The van der Waals surface area contributed by atoms with E-state index in [2.05, 4.69) is 34.8 Å². The zero-order valence-electron chi connectivity index (χ0n) is 6.10. The summed E-state index contributed by atoms with van der Waals surface area (Å²) in [6, 6.07) is 0. The summed E-state index contributed by atoms with van der Waals surface area (Å²) in [7, 11) is 2.18. The fourth-order valence-corrected chi connectivity index (χ4v) is 1.93. The third-order valence-corrected chi connectivity index (χ3v) is 3.26. The van der Waals surface area contributed by atoms with E-state index in [0.717, 1.165) is 10.7 Å². The molecule has 1 aliphatic heterocycles. The Morgan fingerprint density at radius 1 is 1.56 bits per heavy atom. The van der Waals surface area contributed by atoms with E-state index >= 15 is 0 Å². The molecule has 2 unspecified atom stereocenters. The number of likely N-dealkylation sites (tertiary alicyclic amines) is 1. The minimum absolute atomic E-state index is 0.719. The number of rotatable bonds is 0. The lowest BCUT2D eigenvalue weighted by atomic mass is 10.00. The Morgan fingerprint density at radius 2 is 2.22 bits per heavy atom. The second-order valence-corrected chi connectivity index (χ2v) is 4.22. The summed E-state index contributed by atoms with van der Waals surface area (Å²) in [5.41, 5.74) is 0. The molecule has 9 heavy (non-hydrogen) atoms. The Morgan fingerprint density at radius 3 is 2.67 bits per heavy atom. The molecule has 0 amide bonds. The third-order valence-electron chi connectivity index (χ3n) is 2.07. The molecule has 2 heteroatoms. The van der Waals surface area contributed by atoms with E-state index in [9.17, 15) is 0 Å². The molecule has 0 saturated carbocycles. The van der Waals surface area contributed by atoms with Crippen LogP contribution in [0.4, 0.5) is 0 Å². The first-order chi connectivity index (χ1) is 4.20. The van der Waals surface area contributed by atoms with E-state index in [1.807, 2.05) is 0 Å². The summed E-state index contributed by atoms with van der Waals surface area (Å²) in [6.07, 6.45) is 1.34. The van der Waals surface area contributed by atoms with Gasteiger partial charge in [0, 0.05) is 11.4 Å². The lowest BCUT2D eigenvalue weighted by molar-refractivity contribution is 0.240. The van der Waals surface area contributed by atoms with Crippen LogP contribution in [-0.4, -0.2) is 29.9 Å². The highest BCUT2D eigenvalue weighted by molar-refractivity contribution is 9.09. The summed E-state index contributed by atoms with van der Waals surface area (Å²) in [5.74, 6) is 0.862. The highest BCUT2D eigenvalue weighted by atomic mass is 79.9. The minimum atomic E-state index is 0.719. The van der Waals surface area contributed by atoms with Gasteiger partial charge in [-0.05, 0) is 25.9 Å². The lowest BCUT2D eigenvalue weighted by Gasteiger charge is -2.31. The standard InChI is InChI=1S/C7H14BrN/c1-6-3-4-9(2)5-7(6)8/h6-7H,3-5H2,1-2H3. The Bertz CT molecular complexity index is 94.9. The maximum atomic E-state index is 3.65. The average molecular weight is 192 g/mol. The molecule has 2 atom stereocenters. The fourth-order valence-electron chi connectivity index (χ4n) is 1.17. The van der Waals surface area contributed by atoms with Crippen LogP contribution in [0, 0.1) is 5.92 Å². The van der Waals surface area contributed by atoms with Crippen LogP contribution in [0.25, 0.3) is 0 Å². The molecule has 1 heterocycles. The van der Waals surface area contributed by atoms with E-state index in [1.54, 1.807) is 0 Å². The second-order valence-electron chi connectivity index (χ2n) is 3.04. The number of halogens is 1. The van der Waals surface area contributed by atoms with Crippen molar-refractivity contribution in [2.24, 2.45) is 5.92 Å². The first kappa shape index (κ1) is 7.55. The molecule has 1 fully saturated rings. The maximum Gasteiger partial charge on any atom is 0.0299 e. The number of hydrogen-bond acceptors (Lipinski definition) is 1. The van der Waals surface area contributed by atoms with E-state index in [4.69, 9.17) is 0 Å². The zero-order chi connectivity index (χ0) is 6.85. The van der Waals surface area contributed by atoms with Crippen LogP contribution < -0.4 is 0 Å². The normalized spacial score (nSPS) is 39.0. The molecule has 0 aromatic rings. The maximum absolute atomic E-state index is 3.65. The van der Waals surface area contributed by atoms with Gasteiger partial charge >= 0.3 is 0 Å². The van der Waals surface area contributed by atoms with Crippen molar-refractivity contribution < 1.29 is 0 Å². The fraction of sp³-hybridized carbons (Fsp3) is 1.00. The highest BCUT2D eigenvalue weighted by Crippen LogP contribution is 2.21. The predicted octanol–water partition coefficient (Wildman–Crippen LogP) is 1.72. The molecule has 0 spiro atoms. The first-order valence-electron chi connectivity index (χ1n) is 3.53. The van der Waals surface area contributed by atoms with E-state index in [1.165, 1.54) is 19.5 Å². The summed E-state index contributed by atoms with van der Waals surface area (Å²) in [5, 5.41) is 0. The molecule has 1 aliphatic rings. The van der Waals surface area contributed by atoms with Gasteiger partial charge in [-0.15, -0.1) is 0 Å². The van der Waals surface area contributed by atoms with Gasteiger partial charge in [0.15, 0.2) is 0 Å². The minimum Gasteiger partial charge on any atom is -0.305 e. The summed E-state index contributed by atoms with van der Waals surface area (Å²) < 4.78 is 0. The molecule has 0 aromatic heterocycles. The third kappa shape index (κ3) is 1.94. The molecular formula is C7H14BrN. The topological polar surface area (TPSA) is 3.24 Å². The van der Waals surface area contributed by atoms with E-state index in [0.29, 0.717) is 0 Å². The monoisotopic (exact) mass is 191 g/mol. The smallest absolute Gasteiger partial charge is 0.0299 e. The molecule has 1 rings (SSSR count). The van der Waals surface area contributed by atoms with Crippen molar-refractivity contribution in [3.05, 3.63) is 0 Å². The largest absolute Gasteiger partial charge is 0.305 e. The van der Waals surface area contributed by atoms with Gasteiger partial charge in [-0.25, -0.2) is 0 Å². The van der Waals surface area contributed by atoms with Crippen molar-refractivity contribution >= 4 is 15.9 Å². The van der Waals surface area contributed by atoms with Crippen molar-refractivity contribution in [1.29, 1.82) is 0 Å². The lowest BCUT2D eigenvalue weighted by Crippen LogP contribution is -2.37. The van der Waals surface area contributed by atoms with Gasteiger partial charge in [0.1, 0.15) is 0 Å². The number of piperidine rings is 1. The SMILES string of the molecule is CC1CCN(C)CC1Br. The van der Waals surface area contributed by atoms with Crippen LogP contribution >= 0.6 is 15.9 Å². The molecule has 0 aliphatic carbocycles. The molecule has 0 N–H and O–H groups in total. The first-order valence-corrected chi connectivity index (χ1v) is 4.44. The molecule has 0 radical (unpaired) electrons. The van der Waals surface area contributed by atoms with Gasteiger partial charge in [-0.2, -0.15) is 0 Å².